The lowest BCUT2D eigenvalue weighted by Crippen LogP contribution is -2.41. The average molecular weight is 292 g/mol. The maximum absolute atomic E-state index is 5.04. The van der Waals surface area contributed by atoms with E-state index in [0.29, 0.717) is 12.1 Å². The van der Waals surface area contributed by atoms with Gasteiger partial charge in [0, 0.05) is 16.7 Å². The largest absolute Gasteiger partial charge is 0.362 e. The number of nitrogens with zero attached hydrogens (tertiary/aromatic N) is 1. The van der Waals surface area contributed by atoms with Gasteiger partial charge in [-0.25, -0.2) is 0 Å². The number of thiophene rings is 1. The molecule has 2 nitrogen and oxygen atoms in total. The predicted molar refractivity (Wildman–Crippen MR) is 84.2 cm³/mol. The average Bonchev–Trinajstić information content (AvgIpc) is 3.06. The van der Waals surface area contributed by atoms with Gasteiger partial charge < -0.3 is 5.32 Å². The first-order valence-electron chi connectivity index (χ1n) is 7.43. The molecule has 1 aliphatic heterocycles. The molecule has 102 valence electrons. The summed E-state index contributed by atoms with van der Waals surface area (Å²) in [5, 5.41) is 7.15. The minimum Gasteiger partial charge on any atom is -0.362 e. The fourth-order valence-corrected chi connectivity index (χ4v) is 5.81. The molecule has 1 aromatic heterocycles. The van der Waals surface area contributed by atoms with E-state index in [1.165, 1.54) is 55.0 Å². The summed E-state index contributed by atoms with van der Waals surface area (Å²) >= 11 is 3.86. The number of amidine groups is 1. The van der Waals surface area contributed by atoms with Crippen molar-refractivity contribution in [3.63, 3.8) is 0 Å². The van der Waals surface area contributed by atoms with E-state index in [4.69, 9.17) is 4.99 Å². The Balaban J connectivity index is 1.53. The molecular formula is C15H20N2S2. The van der Waals surface area contributed by atoms with Crippen LogP contribution in [0.3, 0.4) is 0 Å². The van der Waals surface area contributed by atoms with E-state index < -0.39 is 0 Å². The molecule has 1 saturated heterocycles. The van der Waals surface area contributed by atoms with E-state index in [-0.39, 0.29) is 0 Å². The molecular weight excluding hydrogens is 272 g/mol. The second kappa shape index (κ2) is 5.13. The van der Waals surface area contributed by atoms with Gasteiger partial charge in [0.2, 0.25) is 0 Å². The van der Waals surface area contributed by atoms with Gasteiger partial charge in [0.25, 0.3) is 0 Å². The number of aliphatic imine (C=N–C) groups is 1. The molecule has 0 aromatic carbocycles. The monoisotopic (exact) mass is 292 g/mol. The smallest absolute Gasteiger partial charge is 0.157 e. The van der Waals surface area contributed by atoms with Crippen molar-refractivity contribution in [3.05, 3.63) is 21.9 Å². The second-order valence-electron chi connectivity index (χ2n) is 5.89. The third-order valence-corrected chi connectivity index (χ3v) is 6.78. The van der Waals surface area contributed by atoms with E-state index in [2.05, 4.69) is 16.8 Å². The molecule has 2 aliphatic carbocycles. The van der Waals surface area contributed by atoms with Gasteiger partial charge >= 0.3 is 0 Å². The fraction of sp³-hybridized carbons (Fsp3) is 0.667. The van der Waals surface area contributed by atoms with Crippen molar-refractivity contribution in [1.82, 2.24) is 5.32 Å². The van der Waals surface area contributed by atoms with Crippen LogP contribution in [0.15, 0.2) is 16.4 Å². The zero-order valence-corrected chi connectivity index (χ0v) is 12.7. The van der Waals surface area contributed by atoms with Crippen LogP contribution in [0.1, 0.15) is 48.6 Å². The van der Waals surface area contributed by atoms with Crippen molar-refractivity contribution in [3.8, 4) is 0 Å². The molecule has 0 bridgehead atoms. The van der Waals surface area contributed by atoms with E-state index >= 15 is 0 Å². The van der Waals surface area contributed by atoms with Crippen molar-refractivity contribution in [2.24, 2.45) is 10.9 Å². The van der Waals surface area contributed by atoms with Crippen LogP contribution in [0.4, 0.5) is 0 Å². The maximum Gasteiger partial charge on any atom is 0.157 e. The quantitative estimate of drug-likeness (QED) is 0.846. The van der Waals surface area contributed by atoms with Crippen LogP contribution in [-0.4, -0.2) is 17.0 Å². The minimum atomic E-state index is 0.419. The number of fused-ring (bicyclic) bond motifs is 2. The molecule has 1 N–H and O–H groups in total. The van der Waals surface area contributed by atoms with Crippen LogP contribution in [0.5, 0.6) is 0 Å². The first kappa shape index (κ1) is 12.3. The Hall–Kier alpha value is -0.480. The zero-order chi connectivity index (χ0) is 12.7. The number of hydrogen-bond donors (Lipinski definition) is 1. The molecule has 19 heavy (non-hydrogen) atoms. The molecule has 1 saturated carbocycles. The normalized spacial score (nSPS) is 35.8. The van der Waals surface area contributed by atoms with Crippen LogP contribution in [0.25, 0.3) is 0 Å². The van der Waals surface area contributed by atoms with Gasteiger partial charge in [-0.1, -0.05) is 18.2 Å². The first-order chi connectivity index (χ1) is 9.40. The molecule has 0 amide bonds. The van der Waals surface area contributed by atoms with Crippen molar-refractivity contribution in [1.29, 1.82) is 0 Å². The highest BCUT2D eigenvalue weighted by Gasteiger charge is 2.32. The summed E-state index contributed by atoms with van der Waals surface area (Å²) in [6, 6.07) is 3.42. The van der Waals surface area contributed by atoms with E-state index in [1.54, 1.807) is 4.88 Å². The summed E-state index contributed by atoms with van der Waals surface area (Å²) in [5.74, 6) is 2.17. The van der Waals surface area contributed by atoms with Gasteiger partial charge in [-0.15, -0.1) is 11.3 Å². The Labute approximate surface area is 123 Å². The summed E-state index contributed by atoms with van der Waals surface area (Å²) < 4.78 is 0. The van der Waals surface area contributed by atoms with Crippen LogP contribution in [0, 0.1) is 5.92 Å². The molecule has 0 radical (unpaired) electrons. The van der Waals surface area contributed by atoms with Crippen molar-refractivity contribution in [2.75, 3.05) is 5.75 Å². The van der Waals surface area contributed by atoms with Gasteiger partial charge in [0.1, 0.15) is 0 Å². The zero-order valence-electron chi connectivity index (χ0n) is 11.1. The lowest BCUT2D eigenvalue weighted by molar-refractivity contribution is 0.486. The third-order valence-electron chi connectivity index (χ3n) is 4.70. The number of hydrogen-bond acceptors (Lipinski definition) is 3. The van der Waals surface area contributed by atoms with E-state index in [1.807, 2.05) is 23.1 Å². The molecule has 3 aliphatic rings. The van der Waals surface area contributed by atoms with Crippen LogP contribution >= 0.6 is 23.1 Å². The maximum atomic E-state index is 5.04. The minimum absolute atomic E-state index is 0.419. The van der Waals surface area contributed by atoms with Crippen molar-refractivity contribution >= 4 is 28.3 Å². The molecule has 1 aromatic rings. The van der Waals surface area contributed by atoms with Gasteiger partial charge in [-0.3, -0.25) is 4.99 Å². The summed E-state index contributed by atoms with van der Waals surface area (Å²) in [6.45, 7) is 0. The summed E-state index contributed by atoms with van der Waals surface area (Å²) in [7, 11) is 0. The number of thioether (sulfide) groups is 1. The number of rotatable bonds is 1. The molecule has 2 fully saturated rings. The second-order valence-corrected chi connectivity index (χ2v) is 7.90. The van der Waals surface area contributed by atoms with Gasteiger partial charge in [0.15, 0.2) is 5.17 Å². The van der Waals surface area contributed by atoms with E-state index in [0.717, 1.165) is 5.92 Å². The summed E-state index contributed by atoms with van der Waals surface area (Å²) in [5.41, 5.74) is 1.50. The van der Waals surface area contributed by atoms with Crippen LogP contribution in [-0.2, 0) is 6.42 Å². The van der Waals surface area contributed by atoms with Crippen molar-refractivity contribution in [2.45, 2.75) is 50.6 Å². The Morgan fingerprint density at radius 1 is 1.21 bits per heavy atom. The summed E-state index contributed by atoms with van der Waals surface area (Å²) in [4.78, 5) is 6.61. The highest BCUT2D eigenvalue weighted by Crippen LogP contribution is 2.38. The highest BCUT2D eigenvalue weighted by molar-refractivity contribution is 8.13. The Morgan fingerprint density at radius 2 is 2.21 bits per heavy atom. The number of nitrogens with one attached hydrogen (secondary N) is 1. The SMILES string of the molecule is c1cc2c(s1)CCCC2N=C1NC2CCCC2CS1. The molecule has 3 unspecified atom stereocenters. The van der Waals surface area contributed by atoms with Gasteiger partial charge in [0.05, 0.1) is 6.04 Å². The standard InChI is InChI=1S/C15H20N2S2/c1-3-10-9-19-15(16-12(10)4-1)17-13-5-2-6-14-11(13)7-8-18-14/h7-8,10,12-13H,1-6,9H2,(H,16,17). The Morgan fingerprint density at radius 3 is 3.21 bits per heavy atom. The molecule has 0 spiro atoms. The summed E-state index contributed by atoms with van der Waals surface area (Å²) in [6.07, 6.45) is 7.94. The Bertz CT molecular complexity index is 494. The van der Waals surface area contributed by atoms with Crippen molar-refractivity contribution < 1.29 is 0 Å². The van der Waals surface area contributed by atoms with Gasteiger partial charge in [-0.2, -0.15) is 0 Å². The van der Waals surface area contributed by atoms with E-state index in [9.17, 15) is 0 Å². The predicted octanol–water partition coefficient (Wildman–Crippen LogP) is 3.99. The highest BCUT2D eigenvalue weighted by atomic mass is 32.2. The van der Waals surface area contributed by atoms with Crippen LogP contribution < -0.4 is 5.32 Å². The fourth-order valence-electron chi connectivity index (χ4n) is 3.62. The number of aryl methyl sites for hydroxylation is 1. The molecule has 2 heterocycles. The van der Waals surface area contributed by atoms with Gasteiger partial charge in [-0.05, 0) is 55.0 Å². The lowest BCUT2D eigenvalue weighted by Gasteiger charge is -2.29. The molecule has 4 heteroatoms. The molecule has 4 rings (SSSR count). The lowest BCUT2D eigenvalue weighted by atomic mass is 9.95. The van der Waals surface area contributed by atoms with Crippen LogP contribution in [0.2, 0.25) is 0 Å². The topological polar surface area (TPSA) is 24.4 Å². The Kier molecular flexibility index (Phi) is 3.32. The molecule has 3 atom stereocenters. The first-order valence-corrected chi connectivity index (χ1v) is 9.30. The third kappa shape index (κ3) is 2.33.